The van der Waals surface area contributed by atoms with Gasteiger partial charge < -0.3 is 0 Å². The summed E-state index contributed by atoms with van der Waals surface area (Å²) >= 11 is 0. The highest BCUT2D eigenvalue weighted by atomic mass is 32.2. The molecule has 198 valence electrons. The van der Waals surface area contributed by atoms with Crippen LogP contribution in [-0.4, -0.2) is 27.9 Å². The van der Waals surface area contributed by atoms with E-state index in [1.54, 1.807) is 6.92 Å². The molecule has 2 heterocycles. The highest BCUT2D eigenvalue weighted by Gasteiger charge is 2.55. The number of sulfone groups is 2. The molecule has 35 heavy (non-hydrogen) atoms. The van der Waals surface area contributed by atoms with Crippen LogP contribution >= 0.6 is 0 Å². The van der Waals surface area contributed by atoms with Gasteiger partial charge >= 0.3 is 25.9 Å². The van der Waals surface area contributed by atoms with Crippen molar-refractivity contribution >= 4 is 19.7 Å². The Morgan fingerprint density at radius 3 is 1.83 bits per heavy atom. The summed E-state index contributed by atoms with van der Waals surface area (Å²) in [5, 5.41) is -1.52. The summed E-state index contributed by atoms with van der Waals surface area (Å²) in [4.78, 5) is -1.53. The van der Waals surface area contributed by atoms with Crippen molar-refractivity contribution in [1.82, 2.24) is 0 Å². The highest BCUT2D eigenvalue weighted by Crippen LogP contribution is 2.36. The number of aromatic nitrogens is 2. The number of pyridine rings is 2. The lowest BCUT2D eigenvalue weighted by molar-refractivity contribution is -0.735. The van der Waals surface area contributed by atoms with Crippen molar-refractivity contribution in [1.29, 1.82) is 0 Å². The van der Waals surface area contributed by atoms with Gasteiger partial charge in [0, 0.05) is 30.5 Å². The van der Waals surface area contributed by atoms with Crippen LogP contribution in [0, 0.1) is 13.8 Å². The minimum atomic E-state index is -6.07. The fourth-order valence-corrected chi connectivity index (χ4v) is 5.35. The molecule has 0 atom stereocenters. The minimum Gasteiger partial charge on any atom is -0.214 e. The van der Waals surface area contributed by atoms with Crippen LogP contribution in [-0.2, 0) is 32.8 Å². The van der Waals surface area contributed by atoms with E-state index in [0.29, 0.717) is 30.2 Å². The van der Waals surface area contributed by atoms with Crippen molar-refractivity contribution in [3.05, 3.63) is 47.9 Å². The molecule has 2 aromatic rings. The first-order chi connectivity index (χ1) is 15.9. The Bertz CT molecular complexity index is 1230. The number of aryl methyl sites for hydroxylation is 3. The number of unbranched alkanes of at least 4 members (excludes halogenated alkanes) is 1. The second-order valence-electron chi connectivity index (χ2n) is 7.67. The van der Waals surface area contributed by atoms with Crippen LogP contribution in [0.5, 0.6) is 0 Å². The van der Waals surface area contributed by atoms with Gasteiger partial charge in [-0.15, -0.1) is 0 Å². The second-order valence-corrected chi connectivity index (χ2v) is 11.4. The summed E-state index contributed by atoms with van der Waals surface area (Å²) in [6.07, 6.45) is 6.77. The van der Waals surface area contributed by atoms with Crippen molar-refractivity contribution in [2.24, 2.45) is 0 Å². The van der Waals surface area contributed by atoms with Crippen molar-refractivity contribution in [2.45, 2.75) is 81.0 Å². The Labute approximate surface area is 201 Å². The normalized spacial score (nSPS) is 12.7. The Kier molecular flexibility index (Phi) is 10.3. The third-order valence-electron chi connectivity index (χ3n) is 4.75. The zero-order valence-corrected chi connectivity index (χ0v) is 21.2. The molecule has 0 saturated carbocycles. The summed E-state index contributed by atoms with van der Waals surface area (Å²) in [6.45, 7) is 7.45. The van der Waals surface area contributed by atoms with Gasteiger partial charge in [0.15, 0.2) is 18.6 Å². The maximum atomic E-state index is 12.9. The average Bonchev–Trinajstić information content (AvgIpc) is 2.71. The summed E-state index contributed by atoms with van der Waals surface area (Å²) in [5.74, 6) is 0. The van der Waals surface area contributed by atoms with Gasteiger partial charge in [-0.25, -0.2) is 21.4 Å². The fourth-order valence-electron chi connectivity index (χ4n) is 3.11. The predicted octanol–water partition coefficient (Wildman–Crippen LogP) is 4.36. The lowest BCUT2D eigenvalue weighted by Gasteiger charge is -2.14. The van der Waals surface area contributed by atoms with Crippen molar-refractivity contribution in [3.63, 3.8) is 0 Å². The van der Waals surface area contributed by atoms with Gasteiger partial charge in [-0.2, -0.15) is 30.9 Å². The fraction of sp³-hybridized carbons (Fsp3) is 0.524. The van der Waals surface area contributed by atoms with Crippen LogP contribution in [0.15, 0.2) is 46.7 Å². The molecule has 6 nitrogen and oxygen atoms in total. The smallest absolute Gasteiger partial charge is 0.214 e. The van der Waals surface area contributed by atoms with E-state index in [2.05, 4.69) is 42.9 Å². The molecular formula is C21H28F6N2O4S2+2. The largest absolute Gasteiger partial charge is 0.507 e. The second kappa shape index (κ2) is 11.7. The summed E-state index contributed by atoms with van der Waals surface area (Å²) in [7, 11) is -12.1. The lowest BCUT2D eigenvalue weighted by atomic mass is 10.3. The Balaban J connectivity index is 0.000000507. The standard InChI is InChI=1S/C12H14F6NO4S2.C9H14N/c1-3-4-6-19-7-5-9(24(20,21)11(13,14)15)8(2)10(19)25(22,23)12(16,17)18;1-3-6-10-7-4-5-9(2)8-10/h5,7H,3-4,6H2,1-2H3;4-5,7-8H,3,6H2,1-2H3/q2*+1. The lowest BCUT2D eigenvalue weighted by Crippen LogP contribution is -2.44. The first-order valence-corrected chi connectivity index (χ1v) is 13.5. The van der Waals surface area contributed by atoms with E-state index in [1.807, 2.05) is 0 Å². The molecule has 0 amide bonds. The number of hydrogen-bond acceptors (Lipinski definition) is 4. The van der Waals surface area contributed by atoms with Crippen molar-refractivity contribution in [3.8, 4) is 0 Å². The third kappa shape index (κ3) is 7.38. The minimum absolute atomic E-state index is 0.232. The maximum absolute atomic E-state index is 12.9. The predicted molar refractivity (Wildman–Crippen MR) is 114 cm³/mol. The molecule has 0 saturated heterocycles. The molecule has 0 fully saturated rings. The van der Waals surface area contributed by atoms with Crippen LogP contribution in [0.1, 0.15) is 44.2 Å². The number of halogens is 6. The molecule has 0 radical (unpaired) electrons. The summed E-state index contributed by atoms with van der Waals surface area (Å²) in [5.41, 5.74) is -11.4. The van der Waals surface area contributed by atoms with E-state index in [1.165, 1.54) is 12.0 Å². The molecule has 0 unspecified atom stereocenters. The zero-order chi connectivity index (χ0) is 27.2. The molecular weight excluding hydrogens is 522 g/mol. The summed E-state index contributed by atoms with van der Waals surface area (Å²) in [6, 6.07) is 4.65. The van der Waals surface area contributed by atoms with Crippen molar-refractivity contribution < 1.29 is 52.3 Å². The Morgan fingerprint density at radius 1 is 0.800 bits per heavy atom. The van der Waals surface area contributed by atoms with Gasteiger partial charge in [0.05, 0.1) is 10.5 Å². The zero-order valence-electron chi connectivity index (χ0n) is 19.6. The highest BCUT2D eigenvalue weighted by molar-refractivity contribution is 7.93. The SMILES string of the molecule is CCCC[n+]1ccc(S(=O)(=O)C(F)(F)F)c(C)c1S(=O)(=O)C(F)(F)F.CCC[n+]1cccc(C)c1. The van der Waals surface area contributed by atoms with Crippen LogP contribution in [0.3, 0.4) is 0 Å². The van der Waals surface area contributed by atoms with E-state index in [-0.39, 0.29) is 13.0 Å². The van der Waals surface area contributed by atoms with Gasteiger partial charge in [0.1, 0.15) is 13.1 Å². The Morgan fingerprint density at radius 2 is 1.37 bits per heavy atom. The van der Waals surface area contributed by atoms with Crippen LogP contribution < -0.4 is 9.13 Å². The van der Waals surface area contributed by atoms with E-state index in [9.17, 15) is 43.2 Å². The monoisotopic (exact) mass is 550 g/mol. The molecule has 0 aliphatic carbocycles. The molecule has 0 aromatic carbocycles. The van der Waals surface area contributed by atoms with E-state index in [0.717, 1.165) is 6.54 Å². The molecule has 0 bridgehead atoms. The number of nitrogens with zero attached hydrogens (tertiary/aromatic N) is 2. The van der Waals surface area contributed by atoms with E-state index >= 15 is 0 Å². The van der Waals surface area contributed by atoms with Gasteiger partial charge in [-0.05, 0) is 19.9 Å². The van der Waals surface area contributed by atoms with Gasteiger partial charge in [0.25, 0.3) is 9.84 Å². The number of alkyl halides is 6. The average molecular weight is 551 g/mol. The molecule has 0 N–H and O–H groups in total. The molecule has 0 aliphatic rings. The Hall–Kier alpha value is -2.22. The molecule has 0 aliphatic heterocycles. The number of rotatable bonds is 7. The van der Waals surface area contributed by atoms with Gasteiger partial charge in [-0.3, -0.25) is 0 Å². The number of hydrogen-bond donors (Lipinski definition) is 0. The molecule has 2 rings (SSSR count). The first-order valence-electron chi connectivity index (χ1n) is 10.5. The first kappa shape index (κ1) is 30.8. The van der Waals surface area contributed by atoms with Gasteiger partial charge in [0.2, 0.25) is 0 Å². The molecule has 0 spiro atoms. The molecule has 2 aromatic heterocycles. The van der Waals surface area contributed by atoms with E-state index in [4.69, 9.17) is 0 Å². The summed E-state index contributed by atoms with van der Waals surface area (Å²) < 4.78 is 126. The molecule has 14 heteroatoms. The van der Waals surface area contributed by atoms with Crippen molar-refractivity contribution in [2.75, 3.05) is 0 Å². The van der Waals surface area contributed by atoms with Crippen LogP contribution in [0.4, 0.5) is 26.3 Å². The quantitative estimate of drug-likeness (QED) is 0.379. The third-order valence-corrected chi connectivity index (χ3v) is 8.04. The van der Waals surface area contributed by atoms with Crippen LogP contribution in [0.2, 0.25) is 0 Å². The topological polar surface area (TPSA) is 76.0 Å². The van der Waals surface area contributed by atoms with Crippen LogP contribution in [0.25, 0.3) is 0 Å². The van der Waals surface area contributed by atoms with E-state index < -0.39 is 46.2 Å². The van der Waals surface area contributed by atoms with Gasteiger partial charge in [-0.1, -0.05) is 20.3 Å². The maximum Gasteiger partial charge on any atom is 0.507 e.